The average molecular weight is 285 g/mol. The minimum atomic E-state index is -0.727. The zero-order valence-electron chi connectivity index (χ0n) is 12.7. The third-order valence-electron chi connectivity index (χ3n) is 4.98. The number of quaternary nitrogens is 2. The first kappa shape index (κ1) is 15.9. The van der Waals surface area contributed by atoms with Crippen LogP contribution in [0.2, 0.25) is 0 Å². The molecule has 5 unspecified atom stereocenters. The van der Waals surface area contributed by atoms with Gasteiger partial charge in [-0.1, -0.05) is 13.8 Å². The van der Waals surface area contributed by atoms with E-state index < -0.39 is 5.23 Å². The molecule has 2 fully saturated rings. The van der Waals surface area contributed by atoms with E-state index in [-0.39, 0.29) is 12.0 Å². The number of Topliss-reactive ketones (excluding diaryl/α,β-unsaturated/α-hetero) is 1. The first-order valence-electron chi connectivity index (χ1n) is 8.04. The first-order valence-corrected chi connectivity index (χ1v) is 8.04. The second-order valence-electron chi connectivity index (χ2n) is 7.15. The van der Waals surface area contributed by atoms with Gasteiger partial charge in [-0.2, -0.15) is 0 Å². The molecule has 3 N–H and O–H groups in total. The van der Waals surface area contributed by atoms with Crippen LogP contribution in [0, 0.1) is 23.0 Å². The highest BCUT2D eigenvalue weighted by molar-refractivity contribution is 5.82. The molecule has 5 heteroatoms. The highest BCUT2D eigenvalue weighted by atomic mass is 16.8. The summed E-state index contributed by atoms with van der Waals surface area (Å²) in [6, 6.07) is -0.299. The molecule has 1 heterocycles. The Kier molecular flexibility index (Phi) is 5.55. The van der Waals surface area contributed by atoms with Crippen LogP contribution in [0.5, 0.6) is 0 Å². The van der Waals surface area contributed by atoms with Crippen LogP contribution in [-0.2, 0) is 4.79 Å². The molecule has 2 rings (SSSR count). The van der Waals surface area contributed by atoms with Gasteiger partial charge in [-0.25, -0.2) is 10.4 Å². The highest BCUT2D eigenvalue weighted by Gasteiger charge is 2.34. The van der Waals surface area contributed by atoms with E-state index in [0.29, 0.717) is 30.6 Å². The summed E-state index contributed by atoms with van der Waals surface area (Å²) >= 11 is 0. The molecule has 1 saturated heterocycles. The molecule has 0 aromatic rings. The zero-order chi connectivity index (χ0) is 14.7. The van der Waals surface area contributed by atoms with Gasteiger partial charge in [0.1, 0.15) is 12.6 Å². The molecule has 0 spiro atoms. The van der Waals surface area contributed by atoms with Crippen LogP contribution in [0.25, 0.3) is 0 Å². The van der Waals surface area contributed by atoms with Gasteiger partial charge in [-0.15, -0.1) is 0 Å². The second kappa shape index (κ2) is 6.98. The smallest absolute Gasteiger partial charge is 0.190 e. The van der Waals surface area contributed by atoms with Gasteiger partial charge in [0.25, 0.3) is 0 Å². The van der Waals surface area contributed by atoms with Crippen molar-refractivity contribution in [2.45, 2.75) is 52.0 Å². The summed E-state index contributed by atoms with van der Waals surface area (Å²) in [6.07, 6.45) is 4.34. The molecule has 2 aliphatic rings. The van der Waals surface area contributed by atoms with Crippen molar-refractivity contribution in [2.75, 3.05) is 19.6 Å². The molecule has 1 aliphatic heterocycles. The molecule has 1 aliphatic carbocycles. The van der Waals surface area contributed by atoms with Crippen molar-refractivity contribution in [3.8, 4) is 0 Å². The number of rotatable bonds is 4. The van der Waals surface area contributed by atoms with Gasteiger partial charge in [0, 0.05) is 30.6 Å². The summed E-state index contributed by atoms with van der Waals surface area (Å²) in [5, 5.41) is 19.5. The monoisotopic (exact) mass is 285 g/mol. The maximum Gasteiger partial charge on any atom is 0.190 e. The van der Waals surface area contributed by atoms with Gasteiger partial charge in [0.05, 0.1) is 13.1 Å². The number of carbonyl (C=O) groups is 1. The van der Waals surface area contributed by atoms with E-state index in [2.05, 4.69) is 13.8 Å². The number of hydroxylamine groups is 2. The Morgan fingerprint density at radius 2 is 1.90 bits per heavy atom. The molecule has 20 heavy (non-hydrogen) atoms. The van der Waals surface area contributed by atoms with E-state index >= 15 is 0 Å². The molecule has 0 aromatic carbocycles. The average Bonchev–Trinajstić information content (AvgIpc) is 2.37. The summed E-state index contributed by atoms with van der Waals surface area (Å²) in [7, 11) is 0. The predicted molar refractivity (Wildman–Crippen MR) is 75.4 cm³/mol. The molecule has 0 aromatic heterocycles. The normalized spacial score (nSPS) is 40.3. The minimum absolute atomic E-state index is 0.00936. The van der Waals surface area contributed by atoms with Crippen molar-refractivity contribution in [1.29, 1.82) is 0 Å². The molecule has 0 amide bonds. The Labute approximate surface area is 121 Å². The van der Waals surface area contributed by atoms with E-state index in [4.69, 9.17) is 5.21 Å². The molecular formula is C15H29N2O3+. The summed E-state index contributed by atoms with van der Waals surface area (Å²) in [4.78, 5) is 13.8. The SMILES string of the molecule is CC1CC(C)C[NH+](CC(=O)C2CCCC([NH+]([O-])O)C2)C1. The van der Waals surface area contributed by atoms with Crippen LogP contribution >= 0.6 is 0 Å². The topological polar surface area (TPSA) is 69.2 Å². The first-order chi connectivity index (χ1) is 9.45. The van der Waals surface area contributed by atoms with Crippen molar-refractivity contribution in [2.24, 2.45) is 17.8 Å². The van der Waals surface area contributed by atoms with Crippen molar-refractivity contribution in [1.82, 2.24) is 0 Å². The van der Waals surface area contributed by atoms with Gasteiger partial charge in [0.15, 0.2) is 5.78 Å². The van der Waals surface area contributed by atoms with Crippen LogP contribution in [0.1, 0.15) is 46.0 Å². The van der Waals surface area contributed by atoms with Gasteiger partial charge in [0.2, 0.25) is 0 Å². The lowest BCUT2D eigenvalue weighted by Gasteiger charge is -2.34. The van der Waals surface area contributed by atoms with Crippen molar-refractivity contribution >= 4 is 5.78 Å². The van der Waals surface area contributed by atoms with Crippen molar-refractivity contribution in [3.05, 3.63) is 5.21 Å². The second-order valence-corrected chi connectivity index (χ2v) is 7.15. The maximum absolute atomic E-state index is 12.4. The Morgan fingerprint density at radius 3 is 2.50 bits per heavy atom. The van der Waals surface area contributed by atoms with Crippen molar-refractivity contribution < 1.29 is 20.1 Å². The van der Waals surface area contributed by atoms with E-state index in [1.807, 2.05) is 0 Å². The lowest BCUT2D eigenvalue weighted by Crippen LogP contribution is -3.15. The van der Waals surface area contributed by atoms with Crippen LogP contribution in [0.4, 0.5) is 0 Å². The number of carbonyl (C=O) groups excluding carboxylic acids is 1. The van der Waals surface area contributed by atoms with Gasteiger partial charge >= 0.3 is 0 Å². The van der Waals surface area contributed by atoms with Crippen LogP contribution < -0.4 is 10.1 Å². The van der Waals surface area contributed by atoms with E-state index in [9.17, 15) is 10.0 Å². The Hall–Kier alpha value is -0.490. The highest BCUT2D eigenvalue weighted by Crippen LogP contribution is 2.23. The van der Waals surface area contributed by atoms with Gasteiger partial charge in [-0.3, -0.25) is 4.79 Å². The lowest BCUT2D eigenvalue weighted by atomic mass is 9.82. The number of hydrogen-bond donors (Lipinski definition) is 3. The van der Waals surface area contributed by atoms with E-state index in [1.165, 1.54) is 11.3 Å². The molecule has 1 saturated carbocycles. The van der Waals surface area contributed by atoms with Gasteiger partial charge in [-0.05, 0) is 19.3 Å². The predicted octanol–water partition coefficient (Wildman–Crippen LogP) is -0.553. The lowest BCUT2D eigenvalue weighted by molar-refractivity contribution is -1.07. The number of likely N-dealkylation sites (tertiary alicyclic amines) is 1. The Morgan fingerprint density at radius 1 is 1.25 bits per heavy atom. The van der Waals surface area contributed by atoms with Crippen LogP contribution in [0.3, 0.4) is 0 Å². The summed E-state index contributed by atoms with van der Waals surface area (Å²) < 4.78 is 0. The molecule has 5 atom stereocenters. The number of piperidine rings is 1. The maximum atomic E-state index is 12.4. The quantitative estimate of drug-likeness (QED) is 0.607. The summed E-state index contributed by atoms with van der Waals surface area (Å²) in [5.74, 6) is 1.68. The number of nitrogens with one attached hydrogen (secondary N) is 2. The largest absolute Gasteiger partial charge is 0.600 e. The third kappa shape index (κ3) is 4.25. The molecular weight excluding hydrogens is 256 g/mol. The van der Waals surface area contributed by atoms with Crippen LogP contribution in [-0.4, -0.2) is 36.7 Å². The Balaban J connectivity index is 1.84. The zero-order valence-corrected chi connectivity index (χ0v) is 12.7. The molecule has 0 bridgehead atoms. The summed E-state index contributed by atoms with van der Waals surface area (Å²) in [6.45, 7) is 7.31. The fourth-order valence-corrected chi connectivity index (χ4v) is 4.16. The fourth-order valence-electron chi connectivity index (χ4n) is 4.16. The molecule has 0 radical (unpaired) electrons. The standard InChI is InChI=1S/C15H28N2O3/c1-11-6-12(2)9-16(8-11)10-15(18)13-4-3-5-14(7-13)17(19)20/h11-14,17,19H,3-10H2,1-2H3/p+1. The number of hydrogen-bond acceptors (Lipinski definition) is 3. The van der Waals surface area contributed by atoms with Crippen LogP contribution in [0.15, 0.2) is 0 Å². The molecule has 116 valence electrons. The van der Waals surface area contributed by atoms with Crippen molar-refractivity contribution in [3.63, 3.8) is 0 Å². The third-order valence-corrected chi connectivity index (χ3v) is 4.98. The van der Waals surface area contributed by atoms with Gasteiger partial charge < -0.3 is 10.1 Å². The minimum Gasteiger partial charge on any atom is -0.600 e. The fraction of sp³-hybridized carbons (Fsp3) is 0.933. The Bertz CT molecular complexity index is 325. The molecule has 5 nitrogen and oxygen atoms in total. The van der Waals surface area contributed by atoms with E-state index in [0.717, 1.165) is 32.4 Å². The number of ketones is 1. The van der Waals surface area contributed by atoms with E-state index in [1.54, 1.807) is 0 Å². The summed E-state index contributed by atoms with van der Waals surface area (Å²) in [5.41, 5.74) is 0.